The molecule has 1 aliphatic rings. The van der Waals surface area contributed by atoms with Crippen LogP contribution in [0.4, 0.5) is 0 Å². The maximum Gasteiger partial charge on any atom is 0.241 e. The molecule has 2 aromatic heterocycles. The second kappa shape index (κ2) is 9.13. The third-order valence-corrected chi connectivity index (χ3v) is 5.99. The van der Waals surface area contributed by atoms with Gasteiger partial charge in [-0.15, -0.1) is 0 Å². The molecule has 5 rings (SSSR count). The Morgan fingerprint density at radius 3 is 2.32 bits per heavy atom. The molecule has 1 fully saturated rings. The Balaban J connectivity index is 1.13. The number of rotatable bonds is 6. The summed E-state index contributed by atoms with van der Waals surface area (Å²) in [6.07, 6.45) is 4.07. The lowest BCUT2D eigenvalue weighted by atomic mass is 10.2. The predicted molar refractivity (Wildman–Crippen MR) is 122 cm³/mol. The minimum absolute atomic E-state index is 0.650. The standard InChI is InChI=1S/C23H23BrN6O/c24-20-6-8-21(9-7-20)30-16-18(14-25-30)15-28-10-12-29(13-11-28)17-22-26-23(27-31-22)19-4-2-1-3-5-19/h1-9,14,16H,10-13,15,17H2. The molecule has 0 aliphatic carbocycles. The number of nitrogens with zero attached hydrogens (tertiary/aromatic N) is 6. The summed E-state index contributed by atoms with van der Waals surface area (Å²) < 4.78 is 8.46. The molecular weight excluding hydrogens is 456 g/mol. The highest BCUT2D eigenvalue weighted by molar-refractivity contribution is 9.10. The lowest BCUT2D eigenvalue weighted by molar-refractivity contribution is 0.112. The van der Waals surface area contributed by atoms with E-state index in [1.807, 2.05) is 53.3 Å². The lowest BCUT2D eigenvalue weighted by Gasteiger charge is -2.33. The number of aromatic nitrogens is 4. The summed E-state index contributed by atoms with van der Waals surface area (Å²) in [5.74, 6) is 1.32. The van der Waals surface area contributed by atoms with Gasteiger partial charge in [0.15, 0.2) is 0 Å². The van der Waals surface area contributed by atoms with Crippen molar-refractivity contribution in [2.75, 3.05) is 26.2 Å². The van der Waals surface area contributed by atoms with Crippen molar-refractivity contribution in [3.63, 3.8) is 0 Å². The molecule has 2 aromatic carbocycles. The fourth-order valence-corrected chi connectivity index (χ4v) is 4.02. The van der Waals surface area contributed by atoms with E-state index in [-0.39, 0.29) is 0 Å². The van der Waals surface area contributed by atoms with Crippen LogP contribution in [-0.2, 0) is 13.1 Å². The van der Waals surface area contributed by atoms with Crippen molar-refractivity contribution < 1.29 is 4.52 Å². The van der Waals surface area contributed by atoms with Gasteiger partial charge in [0.05, 0.1) is 18.4 Å². The summed E-state index contributed by atoms with van der Waals surface area (Å²) >= 11 is 3.47. The first kappa shape index (κ1) is 20.1. The molecule has 0 atom stereocenters. The molecule has 0 saturated carbocycles. The van der Waals surface area contributed by atoms with Gasteiger partial charge in [0, 0.05) is 54.5 Å². The van der Waals surface area contributed by atoms with E-state index in [9.17, 15) is 0 Å². The molecule has 0 N–H and O–H groups in total. The van der Waals surface area contributed by atoms with Gasteiger partial charge in [-0.2, -0.15) is 10.1 Å². The largest absolute Gasteiger partial charge is 0.338 e. The van der Waals surface area contributed by atoms with Gasteiger partial charge in [-0.25, -0.2) is 4.68 Å². The van der Waals surface area contributed by atoms with Crippen molar-refractivity contribution in [1.82, 2.24) is 29.7 Å². The van der Waals surface area contributed by atoms with Crippen molar-refractivity contribution in [2.45, 2.75) is 13.1 Å². The smallest absolute Gasteiger partial charge is 0.241 e. The number of benzene rings is 2. The van der Waals surface area contributed by atoms with E-state index in [2.05, 4.69) is 59.3 Å². The first-order chi connectivity index (χ1) is 15.2. The number of halogens is 1. The van der Waals surface area contributed by atoms with Crippen LogP contribution in [0.1, 0.15) is 11.5 Å². The summed E-state index contributed by atoms with van der Waals surface area (Å²) in [7, 11) is 0. The molecule has 0 radical (unpaired) electrons. The van der Waals surface area contributed by atoms with E-state index >= 15 is 0 Å². The Labute approximate surface area is 189 Å². The first-order valence-corrected chi connectivity index (χ1v) is 11.1. The SMILES string of the molecule is Brc1ccc(-n2cc(CN3CCN(Cc4nc(-c5ccccc5)no4)CC3)cn2)cc1. The van der Waals surface area contributed by atoms with Crippen LogP contribution in [0.5, 0.6) is 0 Å². The fourth-order valence-electron chi connectivity index (χ4n) is 3.76. The van der Waals surface area contributed by atoms with Crippen molar-refractivity contribution in [3.05, 3.63) is 82.9 Å². The average molecular weight is 479 g/mol. The maximum absolute atomic E-state index is 5.47. The maximum atomic E-state index is 5.47. The Bertz CT molecular complexity index is 1120. The summed E-state index contributed by atoms with van der Waals surface area (Å²) in [4.78, 5) is 9.38. The molecule has 1 aliphatic heterocycles. The normalized spacial score (nSPS) is 15.4. The Kier molecular flexibility index (Phi) is 5.93. The van der Waals surface area contributed by atoms with Crippen LogP contribution in [0.2, 0.25) is 0 Å². The Morgan fingerprint density at radius 2 is 1.58 bits per heavy atom. The van der Waals surface area contributed by atoms with Crippen LogP contribution in [0.25, 0.3) is 17.1 Å². The molecule has 7 nitrogen and oxygen atoms in total. The summed E-state index contributed by atoms with van der Waals surface area (Å²) in [5.41, 5.74) is 3.26. The summed E-state index contributed by atoms with van der Waals surface area (Å²) in [6, 6.07) is 18.1. The Hall–Kier alpha value is -2.81. The van der Waals surface area contributed by atoms with E-state index in [1.54, 1.807) is 0 Å². The van der Waals surface area contributed by atoms with Crippen LogP contribution >= 0.6 is 15.9 Å². The van der Waals surface area contributed by atoms with Gasteiger partial charge in [0.1, 0.15) is 0 Å². The average Bonchev–Trinajstić information content (AvgIpc) is 3.46. The van der Waals surface area contributed by atoms with Crippen molar-refractivity contribution >= 4 is 15.9 Å². The molecule has 8 heteroatoms. The third kappa shape index (κ3) is 4.92. The molecule has 0 amide bonds. The van der Waals surface area contributed by atoms with Gasteiger partial charge in [-0.05, 0) is 24.3 Å². The summed E-state index contributed by atoms with van der Waals surface area (Å²) in [5, 5.41) is 8.64. The monoisotopic (exact) mass is 478 g/mol. The van der Waals surface area contributed by atoms with Gasteiger partial charge in [0.25, 0.3) is 0 Å². The molecule has 0 bridgehead atoms. The topological polar surface area (TPSA) is 63.2 Å². The second-order valence-corrected chi connectivity index (χ2v) is 8.62. The molecule has 1 saturated heterocycles. The molecular formula is C23H23BrN6O. The number of piperazine rings is 1. The highest BCUT2D eigenvalue weighted by Crippen LogP contribution is 2.17. The van der Waals surface area contributed by atoms with Crippen LogP contribution in [0, 0.1) is 0 Å². The molecule has 158 valence electrons. The van der Waals surface area contributed by atoms with Crippen LogP contribution < -0.4 is 0 Å². The van der Waals surface area contributed by atoms with Gasteiger partial charge < -0.3 is 4.52 Å². The van der Waals surface area contributed by atoms with Crippen molar-refractivity contribution in [3.8, 4) is 17.1 Å². The predicted octanol–water partition coefficient (Wildman–Crippen LogP) is 4.00. The lowest BCUT2D eigenvalue weighted by Crippen LogP contribution is -2.45. The minimum atomic E-state index is 0.650. The molecule has 0 spiro atoms. The van der Waals surface area contributed by atoms with E-state index in [4.69, 9.17) is 4.52 Å². The van der Waals surface area contributed by atoms with Crippen molar-refractivity contribution in [2.24, 2.45) is 0 Å². The Morgan fingerprint density at radius 1 is 0.871 bits per heavy atom. The van der Waals surface area contributed by atoms with Crippen LogP contribution in [0.3, 0.4) is 0 Å². The highest BCUT2D eigenvalue weighted by Gasteiger charge is 2.20. The minimum Gasteiger partial charge on any atom is -0.338 e. The van der Waals surface area contributed by atoms with Crippen LogP contribution in [0.15, 0.2) is 76.0 Å². The molecule has 4 aromatic rings. The fraction of sp³-hybridized carbons (Fsp3) is 0.261. The zero-order chi connectivity index (χ0) is 21.0. The van der Waals surface area contributed by atoms with Crippen LogP contribution in [-0.4, -0.2) is 55.9 Å². The molecule has 0 unspecified atom stereocenters. The number of hydrogen-bond donors (Lipinski definition) is 0. The van der Waals surface area contributed by atoms with E-state index in [0.29, 0.717) is 18.3 Å². The second-order valence-electron chi connectivity index (χ2n) is 7.70. The molecule has 31 heavy (non-hydrogen) atoms. The zero-order valence-electron chi connectivity index (χ0n) is 17.1. The van der Waals surface area contributed by atoms with E-state index < -0.39 is 0 Å². The van der Waals surface area contributed by atoms with E-state index in [0.717, 1.165) is 48.4 Å². The zero-order valence-corrected chi connectivity index (χ0v) is 18.6. The quantitative estimate of drug-likeness (QED) is 0.417. The first-order valence-electron chi connectivity index (χ1n) is 10.4. The van der Waals surface area contributed by atoms with Crippen molar-refractivity contribution in [1.29, 1.82) is 0 Å². The van der Waals surface area contributed by atoms with Gasteiger partial charge in [-0.1, -0.05) is 51.4 Å². The highest BCUT2D eigenvalue weighted by atomic mass is 79.9. The third-order valence-electron chi connectivity index (χ3n) is 5.46. The van der Waals surface area contributed by atoms with Gasteiger partial charge in [0.2, 0.25) is 11.7 Å². The number of hydrogen-bond acceptors (Lipinski definition) is 6. The molecule has 3 heterocycles. The van der Waals surface area contributed by atoms with E-state index in [1.165, 1.54) is 5.56 Å². The van der Waals surface area contributed by atoms with Gasteiger partial charge in [-0.3, -0.25) is 9.80 Å². The van der Waals surface area contributed by atoms with Gasteiger partial charge >= 0.3 is 0 Å². The summed E-state index contributed by atoms with van der Waals surface area (Å²) in [6.45, 7) is 5.55.